The maximum Gasteiger partial charge on any atom is 0.259 e. The van der Waals surface area contributed by atoms with E-state index in [4.69, 9.17) is 11.0 Å². The number of pyridine rings is 1. The van der Waals surface area contributed by atoms with E-state index in [-0.39, 0.29) is 5.56 Å². The molecule has 94 valence electrons. The number of nitrogens with zero attached hydrogens (tertiary/aromatic N) is 2. The molecule has 0 unspecified atom stereocenters. The number of hydrogen-bond donors (Lipinski definition) is 2. The number of carbonyl (C=O) groups excluding carboxylic acids is 1. The van der Waals surface area contributed by atoms with E-state index in [1.165, 1.54) is 12.4 Å². The topological polar surface area (TPSA) is 91.8 Å². The molecule has 2 aromatic rings. The predicted molar refractivity (Wildman–Crippen MR) is 75.5 cm³/mol. The van der Waals surface area contributed by atoms with E-state index in [9.17, 15) is 4.79 Å². The standard InChI is InChI=1S/C13H9BrN4O/c14-9-1-2-12(8(5-9)6-15)18-13(19)10-7-17-4-3-11(10)16/h1-5,7H,(H2,16,17)(H,18,19). The van der Waals surface area contributed by atoms with Crippen LogP contribution in [0.2, 0.25) is 0 Å². The minimum atomic E-state index is -0.399. The smallest absolute Gasteiger partial charge is 0.259 e. The van der Waals surface area contributed by atoms with Crippen molar-refractivity contribution in [3.8, 4) is 6.07 Å². The van der Waals surface area contributed by atoms with E-state index < -0.39 is 5.91 Å². The molecule has 19 heavy (non-hydrogen) atoms. The van der Waals surface area contributed by atoms with Gasteiger partial charge in [0.15, 0.2) is 0 Å². The molecule has 1 aromatic carbocycles. The van der Waals surface area contributed by atoms with Crippen LogP contribution in [0, 0.1) is 11.3 Å². The van der Waals surface area contributed by atoms with Gasteiger partial charge in [-0.05, 0) is 24.3 Å². The fourth-order valence-corrected chi connectivity index (χ4v) is 1.86. The highest BCUT2D eigenvalue weighted by molar-refractivity contribution is 9.10. The molecule has 0 aliphatic carbocycles. The van der Waals surface area contributed by atoms with Gasteiger partial charge in [0.25, 0.3) is 5.91 Å². The second-order valence-corrected chi connectivity index (χ2v) is 4.63. The van der Waals surface area contributed by atoms with Gasteiger partial charge in [-0.2, -0.15) is 5.26 Å². The predicted octanol–water partition coefficient (Wildman–Crippen LogP) is 2.55. The summed E-state index contributed by atoms with van der Waals surface area (Å²) in [6.45, 7) is 0. The molecular weight excluding hydrogens is 308 g/mol. The summed E-state index contributed by atoms with van der Waals surface area (Å²) in [4.78, 5) is 15.9. The number of nitrogens with two attached hydrogens (primary N) is 1. The lowest BCUT2D eigenvalue weighted by Gasteiger charge is -2.08. The number of carbonyl (C=O) groups is 1. The van der Waals surface area contributed by atoms with Crippen LogP contribution in [0.15, 0.2) is 41.1 Å². The van der Waals surface area contributed by atoms with Gasteiger partial charge in [0, 0.05) is 22.6 Å². The van der Waals surface area contributed by atoms with Crippen molar-refractivity contribution in [1.82, 2.24) is 4.98 Å². The lowest BCUT2D eigenvalue weighted by Crippen LogP contribution is -2.15. The van der Waals surface area contributed by atoms with Gasteiger partial charge in [0.2, 0.25) is 0 Å². The van der Waals surface area contributed by atoms with Gasteiger partial charge >= 0.3 is 0 Å². The van der Waals surface area contributed by atoms with Crippen molar-refractivity contribution < 1.29 is 4.79 Å². The fourth-order valence-electron chi connectivity index (χ4n) is 1.50. The maximum absolute atomic E-state index is 12.0. The van der Waals surface area contributed by atoms with Crippen molar-refractivity contribution in [1.29, 1.82) is 5.26 Å². The molecule has 0 atom stereocenters. The summed E-state index contributed by atoms with van der Waals surface area (Å²) in [6, 6.07) is 8.57. The minimum Gasteiger partial charge on any atom is -0.398 e. The molecule has 0 saturated carbocycles. The molecule has 0 radical (unpaired) electrons. The number of amides is 1. The second-order valence-electron chi connectivity index (χ2n) is 3.72. The molecule has 0 saturated heterocycles. The van der Waals surface area contributed by atoms with Gasteiger partial charge in [0.1, 0.15) is 6.07 Å². The molecule has 0 bridgehead atoms. The first kappa shape index (κ1) is 13.1. The molecule has 6 heteroatoms. The number of benzene rings is 1. The SMILES string of the molecule is N#Cc1cc(Br)ccc1NC(=O)c1cnccc1N. The number of hydrogen-bond acceptors (Lipinski definition) is 4. The van der Waals surface area contributed by atoms with Crippen LogP contribution >= 0.6 is 15.9 Å². The molecule has 5 nitrogen and oxygen atoms in total. The first-order valence-electron chi connectivity index (χ1n) is 5.32. The Hall–Kier alpha value is -2.39. The monoisotopic (exact) mass is 316 g/mol. The summed E-state index contributed by atoms with van der Waals surface area (Å²) < 4.78 is 0.767. The van der Waals surface area contributed by atoms with E-state index in [0.717, 1.165) is 4.47 Å². The van der Waals surface area contributed by atoms with Crippen LogP contribution in [0.25, 0.3) is 0 Å². The van der Waals surface area contributed by atoms with Crippen LogP contribution < -0.4 is 11.1 Å². The normalized spacial score (nSPS) is 9.68. The van der Waals surface area contributed by atoms with Crippen LogP contribution in [0.1, 0.15) is 15.9 Å². The lowest BCUT2D eigenvalue weighted by atomic mass is 10.1. The van der Waals surface area contributed by atoms with Crippen LogP contribution in [-0.2, 0) is 0 Å². The summed E-state index contributed by atoms with van der Waals surface area (Å²) in [5.74, 6) is -0.399. The summed E-state index contributed by atoms with van der Waals surface area (Å²) in [6.07, 6.45) is 2.89. The first-order valence-corrected chi connectivity index (χ1v) is 6.11. The minimum absolute atomic E-state index is 0.273. The zero-order valence-corrected chi connectivity index (χ0v) is 11.3. The molecule has 0 aliphatic rings. The lowest BCUT2D eigenvalue weighted by molar-refractivity contribution is 0.102. The zero-order chi connectivity index (χ0) is 13.8. The highest BCUT2D eigenvalue weighted by Gasteiger charge is 2.12. The average molecular weight is 317 g/mol. The third-order valence-electron chi connectivity index (χ3n) is 2.45. The number of nitrogen functional groups attached to an aromatic ring is 1. The summed E-state index contributed by atoms with van der Waals surface area (Å²) in [5.41, 5.74) is 7.10. The summed E-state index contributed by atoms with van der Waals surface area (Å²) in [7, 11) is 0. The van der Waals surface area contributed by atoms with Crippen molar-refractivity contribution >= 4 is 33.2 Å². The molecule has 1 heterocycles. The van der Waals surface area contributed by atoms with Crippen molar-refractivity contribution in [2.75, 3.05) is 11.1 Å². The van der Waals surface area contributed by atoms with Crippen molar-refractivity contribution in [2.24, 2.45) is 0 Å². The highest BCUT2D eigenvalue weighted by Crippen LogP contribution is 2.21. The molecule has 1 aromatic heterocycles. The van der Waals surface area contributed by atoms with Crippen molar-refractivity contribution in [3.63, 3.8) is 0 Å². The Kier molecular flexibility index (Phi) is 3.78. The van der Waals surface area contributed by atoms with E-state index in [0.29, 0.717) is 16.9 Å². The average Bonchev–Trinajstić information content (AvgIpc) is 2.41. The van der Waals surface area contributed by atoms with Crippen LogP contribution in [-0.4, -0.2) is 10.9 Å². The van der Waals surface area contributed by atoms with Gasteiger partial charge < -0.3 is 11.1 Å². The molecular formula is C13H9BrN4O. The highest BCUT2D eigenvalue weighted by atomic mass is 79.9. The molecule has 2 rings (SSSR count). The Morgan fingerprint density at radius 1 is 1.42 bits per heavy atom. The van der Waals surface area contributed by atoms with Crippen LogP contribution in [0.4, 0.5) is 11.4 Å². The van der Waals surface area contributed by atoms with Crippen molar-refractivity contribution in [3.05, 3.63) is 52.3 Å². The first-order chi connectivity index (χ1) is 9.11. The number of halogens is 1. The number of nitrogens with one attached hydrogen (secondary N) is 1. The molecule has 3 N–H and O–H groups in total. The Labute approximate surface area is 118 Å². The Bertz CT molecular complexity index is 679. The molecule has 0 fully saturated rings. The molecule has 1 amide bonds. The van der Waals surface area contributed by atoms with E-state index in [2.05, 4.69) is 26.2 Å². The third kappa shape index (κ3) is 2.89. The van der Waals surface area contributed by atoms with Crippen LogP contribution in [0.3, 0.4) is 0 Å². The van der Waals surface area contributed by atoms with Gasteiger partial charge in [-0.15, -0.1) is 0 Å². The van der Waals surface area contributed by atoms with Gasteiger partial charge in [-0.1, -0.05) is 15.9 Å². The Morgan fingerprint density at radius 2 is 2.21 bits per heavy atom. The van der Waals surface area contributed by atoms with Crippen molar-refractivity contribution in [2.45, 2.75) is 0 Å². The van der Waals surface area contributed by atoms with Gasteiger partial charge in [0.05, 0.1) is 16.8 Å². The van der Waals surface area contributed by atoms with E-state index in [1.807, 2.05) is 6.07 Å². The Morgan fingerprint density at radius 3 is 2.89 bits per heavy atom. The van der Waals surface area contributed by atoms with E-state index in [1.54, 1.807) is 24.3 Å². The summed E-state index contributed by atoms with van der Waals surface area (Å²) in [5, 5.41) is 11.7. The maximum atomic E-state index is 12.0. The second kappa shape index (κ2) is 5.50. The fraction of sp³-hybridized carbons (Fsp3) is 0. The number of aromatic nitrogens is 1. The van der Waals surface area contributed by atoms with Gasteiger partial charge in [-0.25, -0.2) is 0 Å². The largest absolute Gasteiger partial charge is 0.398 e. The zero-order valence-electron chi connectivity index (χ0n) is 9.72. The quantitative estimate of drug-likeness (QED) is 0.890. The van der Waals surface area contributed by atoms with Gasteiger partial charge in [-0.3, -0.25) is 9.78 Å². The Balaban J connectivity index is 2.30. The van der Waals surface area contributed by atoms with Crippen LogP contribution in [0.5, 0.6) is 0 Å². The molecule has 0 spiro atoms. The number of rotatable bonds is 2. The third-order valence-corrected chi connectivity index (χ3v) is 2.94. The number of anilines is 2. The summed E-state index contributed by atoms with van der Waals surface area (Å²) >= 11 is 3.27. The molecule has 0 aliphatic heterocycles. The number of nitriles is 1. The van der Waals surface area contributed by atoms with E-state index >= 15 is 0 Å².